The minimum Gasteiger partial charge on any atom is -0.475 e. The molecule has 184 valence electrons. The van der Waals surface area contributed by atoms with Crippen molar-refractivity contribution in [2.45, 2.75) is 79.1 Å². The molecule has 0 aliphatic carbocycles. The van der Waals surface area contributed by atoms with Gasteiger partial charge in [0.05, 0.1) is 12.2 Å². The number of aliphatic carboxylic acids is 1. The van der Waals surface area contributed by atoms with E-state index in [1.165, 1.54) is 0 Å². The smallest absolute Gasteiger partial charge is 0.475 e. The Balaban J connectivity index is 0.00000118. The maximum atomic E-state index is 12.5. The molecule has 0 saturated heterocycles. The maximum Gasteiger partial charge on any atom is 0.490 e. The summed E-state index contributed by atoms with van der Waals surface area (Å²) in [6, 6.07) is 0. The van der Waals surface area contributed by atoms with Gasteiger partial charge in [-0.1, -0.05) is 20.3 Å². The third kappa shape index (κ3) is 10.2. The van der Waals surface area contributed by atoms with E-state index in [0.717, 1.165) is 19.4 Å². The average molecular weight is 466 g/mol. The minimum absolute atomic E-state index is 0.289. The van der Waals surface area contributed by atoms with Gasteiger partial charge in [-0.3, -0.25) is 0 Å². The van der Waals surface area contributed by atoms with Crippen LogP contribution in [-0.4, -0.2) is 52.9 Å². The van der Waals surface area contributed by atoms with Gasteiger partial charge in [-0.25, -0.2) is 14.4 Å². The lowest BCUT2D eigenvalue weighted by molar-refractivity contribution is -0.192. The number of aromatic nitrogens is 1. The SMILES string of the molecule is CCCCNCc1[nH]c(C(=O)OC(C)(C)C)c(CC)c1C(=O)OCC.O=C(O)C(F)(F)F. The van der Waals surface area contributed by atoms with Gasteiger partial charge in [0.1, 0.15) is 11.3 Å². The third-order valence-corrected chi connectivity index (χ3v) is 3.87. The van der Waals surface area contributed by atoms with E-state index in [0.29, 0.717) is 35.5 Å². The van der Waals surface area contributed by atoms with Crippen molar-refractivity contribution in [3.05, 3.63) is 22.5 Å². The molecule has 3 N–H and O–H groups in total. The lowest BCUT2D eigenvalue weighted by Gasteiger charge is -2.19. The fourth-order valence-corrected chi connectivity index (χ4v) is 2.55. The molecule has 11 heteroatoms. The van der Waals surface area contributed by atoms with Gasteiger partial charge in [0.15, 0.2) is 0 Å². The number of ether oxygens (including phenoxy) is 2. The third-order valence-electron chi connectivity index (χ3n) is 3.87. The topological polar surface area (TPSA) is 118 Å². The Morgan fingerprint density at radius 3 is 2.03 bits per heavy atom. The lowest BCUT2D eigenvalue weighted by atomic mass is 10.1. The molecule has 0 fully saturated rings. The molecule has 1 heterocycles. The number of alkyl halides is 3. The van der Waals surface area contributed by atoms with Crippen molar-refractivity contribution in [2.75, 3.05) is 13.2 Å². The van der Waals surface area contributed by atoms with Crippen LogP contribution in [0.25, 0.3) is 0 Å². The second-order valence-electron chi connectivity index (χ2n) is 7.74. The minimum atomic E-state index is -5.08. The molecule has 32 heavy (non-hydrogen) atoms. The van der Waals surface area contributed by atoms with E-state index in [2.05, 4.69) is 17.2 Å². The first kappa shape index (κ1) is 29.4. The number of carboxylic acids is 1. The number of carbonyl (C=O) groups is 3. The Labute approximate surface area is 185 Å². The molecular formula is C21H33F3N2O6. The number of carboxylic acid groups (broad SMARTS) is 1. The Morgan fingerprint density at radius 2 is 1.62 bits per heavy atom. The van der Waals surface area contributed by atoms with Crippen molar-refractivity contribution >= 4 is 17.9 Å². The standard InChI is InChI=1S/C19H32N2O4.C2HF3O2/c1-7-10-11-20-12-14-15(17(22)24-9-3)13(8-2)16(21-14)18(23)25-19(4,5)6;3-2(4,5)1(6)7/h20-21H,7-12H2,1-6H3;(H,6,7). The summed E-state index contributed by atoms with van der Waals surface area (Å²) >= 11 is 0. The zero-order valence-corrected chi connectivity index (χ0v) is 19.4. The number of H-pyrrole nitrogens is 1. The highest BCUT2D eigenvalue weighted by atomic mass is 19.4. The Kier molecular flexibility index (Phi) is 12.0. The summed E-state index contributed by atoms with van der Waals surface area (Å²) in [6.45, 7) is 12.9. The van der Waals surface area contributed by atoms with E-state index >= 15 is 0 Å². The van der Waals surface area contributed by atoms with E-state index in [-0.39, 0.29) is 6.61 Å². The van der Waals surface area contributed by atoms with Crippen molar-refractivity contribution < 1.29 is 42.1 Å². The van der Waals surface area contributed by atoms with Crippen LogP contribution < -0.4 is 5.32 Å². The van der Waals surface area contributed by atoms with Crippen LogP contribution in [0, 0.1) is 0 Å². The molecule has 0 aliphatic heterocycles. The zero-order chi connectivity index (χ0) is 25.1. The summed E-state index contributed by atoms with van der Waals surface area (Å²) < 4.78 is 42.4. The van der Waals surface area contributed by atoms with Crippen molar-refractivity contribution in [2.24, 2.45) is 0 Å². The molecule has 1 aromatic heterocycles. The van der Waals surface area contributed by atoms with E-state index in [4.69, 9.17) is 19.4 Å². The lowest BCUT2D eigenvalue weighted by Crippen LogP contribution is -2.24. The summed E-state index contributed by atoms with van der Waals surface area (Å²) in [4.78, 5) is 37.0. The van der Waals surface area contributed by atoms with Crippen molar-refractivity contribution in [3.63, 3.8) is 0 Å². The molecule has 0 radical (unpaired) electrons. The molecule has 0 bridgehead atoms. The normalized spacial score (nSPS) is 11.4. The fourth-order valence-electron chi connectivity index (χ4n) is 2.55. The van der Waals surface area contributed by atoms with Gasteiger partial charge < -0.3 is 24.9 Å². The van der Waals surface area contributed by atoms with Crippen molar-refractivity contribution in [1.29, 1.82) is 0 Å². The Morgan fingerprint density at radius 1 is 1.06 bits per heavy atom. The summed E-state index contributed by atoms with van der Waals surface area (Å²) in [7, 11) is 0. The van der Waals surface area contributed by atoms with Crippen LogP contribution in [0.4, 0.5) is 13.2 Å². The first-order valence-corrected chi connectivity index (χ1v) is 10.3. The quantitative estimate of drug-likeness (QED) is 0.368. The molecule has 1 aromatic rings. The van der Waals surface area contributed by atoms with Crippen LogP contribution in [-0.2, 0) is 27.2 Å². The van der Waals surface area contributed by atoms with E-state index < -0.39 is 29.7 Å². The molecule has 0 aromatic carbocycles. The van der Waals surface area contributed by atoms with Gasteiger partial charge in [-0.2, -0.15) is 13.2 Å². The molecular weight excluding hydrogens is 433 g/mol. The second kappa shape index (κ2) is 13.1. The number of esters is 2. The molecule has 0 spiro atoms. The summed E-state index contributed by atoms with van der Waals surface area (Å²) in [5.41, 5.74) is 1.52. The number of hydrogen-bond donors (Lipinski definition) is 3. The highest BCUT2D eigenvalue weighted by molar-refractivity contribution is 5.99. The number of nitrogens with one attached hydrogen (secondary N) is 2. The molecule has 0 amide bonds. The Hall–Kier alpha value is -2.56. The van der Waals surface area contributed by atoms with Crippen LogP contribution >= 0.6 is 0 Å². The van der Waals surface area contributed by atoms with Gasteiger partial charge in [0, 0.05) is 12.2 Å². The van der Waals surface area contributed by atoms with Crippen LogP contribution in [0.2, 0.25) is 0 Å². The van der Waals surface area contributed by atoms with Crippen LogP contribution in [0.5, 0.6) is 0 Å². The monoisotopic (exact) mass is 466 g/mol. The molecule has 8 nitrogen and oxygen atoms in total. The van der Waals surface area contributed by atoms with Gasteiger partial charge >= 0.3 is 24.1 Å². The van der Waals surface area contributed by atoms with Crippen LogP contribution in [0.1, 0.15) is 86.5 Å². The molecule has 1 rings (SSSR count). The summed E-state index contributed by atoms with van der Waals surface area (Å²) in [5, 5.41) is 10.4. The van der Waals surface area contributed by atoms with Crippen molar-refractivity contribution in [3.8, 4) is 0 Å². The predicted molar refractivity (Wildman–Crippen MR) is 112 cm³/mol. The molecule has 0 atom stereocenters. The van der Waals surface area contributed by atoms with E-state index in [9.17, 15) is 22.8 Å². The first-order valence-electron chi connectivity index (χ1n) is 10.3. The number of hydrogen-bond acceptors (Lipinski definition) is 6. The highest BCUT2D eigenvalue weighted by Gasteiger charge is 2.38. The van der Waals surface area contributed by atoms with Gasteiger partial charge in [-0.05, 0) is 52.6 Å². The van der Waals surface area contributed by atoms with E-state index in [1.807, 2.05) is 27.7 Å². The largest absolute Gasteiger partial charge is 0.490 e. The molecule has 0 aliphatic rings. The van der Waals surface area contributed by atoms with E-state index in [1.54, 1.807) is 6.92 Å². The number of carbonyl (C=O) groups excluding carboxylic acids is 2. The van der Waals surface area contributed by atoms with Crippen LogP contribution in [0.3, 0.4) is 0 Å². The fraction of sp³-hybridized carbons (Fsp3) is 0.667. The predicted octanol–water partition coefficient (Wildman–Crippen LogP) is 4.23. The Bertz CT molecular complexity index is 767. The van der Waals surface area contributed by atoms with Gasteiger partial charge in [-0.15, -0.1) is 0 Å². The van der Waals surface area contributed by atoms with Gasteiger partial charge in [0.2, 0.25) is 0 Å². The summed E-state index contributed by atoms with van der Waals surface area (Å²) in [5.74, 6) is -3.61. The first-order chi connectivity index (χ1) is 14.7. The van der Waals surface area contributed by atoms with Gasteiger partial charge in [0.25, 0.3) is 0 Å². The number of aromatic amines is 1. The highest BCUT2D eigenvalue weighted by Crippen LogP contribution is 2.24. The average Bonchev–Trinajstić information content (AvgIpc) is 3.02. The maximum absolute atomic E-state index is 12.5. The zero-order valence-electron chi connectivity index (χ0n) is 19.4. The number of unbranched alkanes of at least 4 members (excludes halogenated alkanes) is 1. The summed E-state index contributed by atoms with van der Waals surface area (Å²) in [6.07, 6.45) is -2.41. The second-order valence-corrected chi connectivity index (χ2v) is 7.74. The number of halogens is 3. The number of rotatable bonds is 9. The molecule has 0 unspecified atom stereocenters. The molecule has 0 saturated carbocycles. The van der Waals surface area contributed by atoms with Crippen molar-refractivity contribution in [1.82, 2.24) is 10.3 Å². The van der Waals surface area contributed by atoms with Crippen LogP contribution in [0.15, 0.2) is 0 Å².